The molecule has 39 heavy (non-hydrogen) atoms. The topological polar surface area (TPSA) is 125 Å². The van der Waals surface area contributed by atoms with Crippen molar-refractivity contribution < 1.29 is 31.9 Å². The van der Waals surface area contributed by atoms with Crippen LogP contribution in [0.15, 0.2) is 70.2 Å². The van der Waals surface area contributed by atoms with Crippen molar-refractivity contribution in [1.82, 2.24) is 18.9 Å². The molecule has 3 N–H and O–H groups in total. The van der Waals surface area contributed by atoms with E-state index in [0.717, 1.165) is 25.2 Å². The van der Waals surface area contributed by atoms with Crippen LogP contribution in [0.25, 0.3) is 21.2 Å². The number of aromatic nitrogens is 4. The van der Waals surface area contributed by atoms with Crippen LogP contribution in [0.1, 0.15) is 11.8 Å². The highest BCUT2D eigenvalue weighted by atomic mass is 32.1. The molecule has 1 aromatic carbocycles. The third-order valence-corrected chi connectivity index (χ3v) is 6.56. The van der Waals surface area contributed by atoms with Crippen molar-refractivity contribution in [2.75, 3.05) is 6.54 Å². The Balaban J connectivity index is 0.000000532. The first-order valence-electron chi connectivity index (χ1n) is 11.2. The highest BCUT2D eigenvalue weighted by Gasteiger charge is 2.38. The number of halogens is 5. The molecule has 0 saturated heterocycles. The van der Waals surface area contributed by atoms with Crippen LogP contribution in [-0.2, 0) is 24.4 Å². The van der Waals surface area contributed by atoms with E-state index in [1.54, 1.807) is 16.8 Å². The number of nitrogens with two attached hydrogens (primary N) is 1. The number of pyridine rings is 1. The number of rotatable bonds is 7. The molecule has 0 amide bonds. The fraction of sp³-hybridized carbons (Fsp3) is 0.250. The van der Waals surface area contributed by atoms with Gasteiger partial charge in [0.1, 0.15) is 6.33 Å². The monoisotopic (exact) mass is 571 g/mol. The van der Waals surface area contributed by atoms with Crippen LogP contribution in [0, 0.1) is 0 Å². The Kier molecular flexibility index (Phi) is 9.19. The molecular formula is C24H22F5N5O4S. The molecule has 3 aromatic heterocycles. The van der Waals surface area contributed by atoms with E-state index in [2.05, 4.69) is 5.10 Å². The van der Waals surface area contributed by atoms with E-state index >= 15 is 0 Å². The Labute approximate surface area is 220 Å². The first kappa shape index (κ1) is 29.4. The maximum atomic E-state index is 12.8. The van der Waals surface area contributed by atoms with Gasteiger partial charge in [0.05, 0.1) is 13.1 Å². The zero-order valence-corrected chi connectivity index (χ0v) is 21.1. The zero-order chi connectivity index (χ0) is 28.9. The van der Waals surface area contributed by atoms with Crippen LogP contribution in [0.2, 0.25) is 0 Å². The lowest BCUT2D eigenvalue weighted by atomic mass is 10.1. The summed E-state index contributed by atoms with van der Waals surface area (Å²) < 4.78 is 62.4. The van der Waals surface area contributed by atoms with Gasteiger partial charge in [0, 0.05) is 40.0 Å². The summed E-state index contributed by atoms with van der Waals surface area (Å²) >= 11 is 1.52. The van der Waals surface area contributed by atoms with Gasteiger partial charge in [-0.25, -0.2) is 14.3 Å². The lowest BCUT2D eigenvalue weighted by Gasteiger charge is -2.05. The summed E-state index contributed by atoms with van der Waals surface area (Å²) in [5, 5.41) is 12.0. The molecule has 0 fully saturated rings. The summed E-state index contributed by atoms with van der Waals surface area (Å²) in [6, 6.07) is 11.4. The molecule has 0 aliphatic rings. The van der Waals surface area contributed by atoms with Gasteiger partial charge in [-0.05, 0) is 48.2 Å². The second-order valence-corrected chi connectivity index (χ2v) is 9.22. The van der Waals surface area contributed by atoms with Crippen LogP contribution < -0.4 is 17.0 Å². The maximum absolute atomic E-state index is 12.8. The highest BCUT2D eigenvalue weighted by molar-refractivity contribution is 7.19. The van der Waals surface area contributed by atoms with Crippen molar-refractivity contribution in [3.63, 3.8) is 0 Å². The smallest absolute Gasteiger partial charge is 0.475 e. The number of benzene rings is 1. The summed E-state index contributed by atoms with van der Waals surface area (Å²) in [4.78, 5) is 34.9. The zero-order valence-electron chi connectivity index (χ0n) is 20.3. The second-order valence-electron chi connectivity index (χ2n) is 8.05. The Bertz CT molecular complexity index is 1630. The van der Waals surface area contributed by atoms with Gasteiger partial charge in [-0.3, -0.25) is 9.36 Å². The molecule has 0 spiro atoms. The quantitative estimate of drug-likeness (QED) is 0.324. The average molecular weight is 572 g/mol. The summed E-state index contributed by atoms with van der Waals surface area (Å²) in [7, 11) is 0. The Morgan fingerprint density at radius 2 is 1.82 bits per heavy atom. The standard InChI is InChI=1S/C22H21F2N5O2S.C2HF3O2/c1-2-27-7-3-4-18(21(27)30)14-5-6-19-15(8-14)9-17(32-19)12-28-13-26-29(22(28)31)11-16(10-25)20(23)24;3-2(4,5)1(6)7/h3-9,13H,2,10-12,25H2,1H3;(H,6,7). The SMILES string of the molecule is CCn1cccc(-c2ccc3sc(Cn4cnn(CC(CN)=C(F)F)c4=O)cc3c2)c1=O.O=C(O)C(F)(F)F. The van der Waals surface area contributed by atoms with Gasteiger partial charge in [0.15, 0.2) is 0 Å². The predicted molar refractivity (Wildman–Crippen MR) is 135 cm³/mol. The maximum Gasteiger partial charge on any atom is 0.490 e. The number of aliphatic carboxylic acids is 1. The third-order valence-electron chi connectivity index (χ3n) is 5.46. The van der Waals surface area contributed by atoms with Crippen LogP contribution in [-0.4, -0.2) is 42.7 Å². The van der Waals surface area contributed by atoms with Crippen molar-refractivity contribution >= 4 is 27.4 Å². The van der Waals surface area contributed by atoms with E-state index < -0.39 is 23.9 Å². The summed E-state index contributed by atoms with van der Waals surface area (Å²) in [6.07, 6.45) is -3.88. The second kappa shape index (κ2) is 12.2. The minimum Gasteiger partial charge on any atom is -0.475 e. The molecule has 0 saturated carbocycles. The average Bonchev–Trinajstić information content (AvgIpc) is 3.44. The molecule has 4 rings (SSSR count). The van der Waals surface area contributed by atoms with Crippen LogP contribution >= 0.6 is 11.3 Å². The van der Waals surface area contributed by atoms with E-state index in [4.69, 9.17) is 15.6 Å². The summed E-state index contributed by atoms with van der Waals surface area (Å²) in [5.41, 5.74) is 5.92. The molecule has 15 heteroatoms. The van der Waals surface area contributed by atoms with E-state index in [0.29, 0.717) is 12.1 Å². The first-order chi connectivity index (χ1) is 18.3. The van der Waals surface area contributed by atoms with Crippen molar-refractivity contribution in [2.24, 2.45) is 5.73 Å². The summed E-state index contributed by atoms with van der Waals surface area (Å²) in [5.74, 6) is -2.76. The molecule has 3 heterocycles. The summed E-state index contributed by atoms with van der Waals surface area (Å²) in [6.45, 7) is 2.10. The first-order valence-corrected chi connectivity index (χ1v) is 12.0. The number of fused-ring (bicyclic) bond motifs is 1. The number of alkyl halides is 3. The molecule has 208 valence electrons. The minimum absolute atomic E-state index is 0.0422. The fourth-order valence-corrected chi connectivity index (χ4v) is 4.53. The van der Waals surface area contributed by atoms with Crippen molar-refractivity contribution in [3.8, 4) is 11.1 Å². The molecule has 0 atom stereocenters. The lowest BCUT2D eigenvalue weighted by molar-refractivity contribution is -0.192. The number of hydrogen-bond acceptors (Lipinski definition) is 6. The molecule has 4 aromatic rings. The van der Waals surface area contributed by atoms with Gasteiger partial charge in [-0.15, -0.1) is 11.3 Å². The molecule has 9 nitrogen and oxygen atoms in total. The molecular weight excluding hydrogens is 549 g/mol. The van der Waals surface area contributed by atoms with E-state index in [1.807, 2.05) is 37.3 Å². The predicted octanol–water partition coefficient (Wildman–Crippen LogP) is 3.90. The van der Waals surface area contributed by atoms with E-state index in [9.17, 15) is 31.5 Å². The number of carboxylic acid groups (broad SMARTS) is 1. The van der Waals surface area contributed by atoms with Gasteiger partial charge in [0.25, 0.3) is 11.6 Å². The molecule has 0 aliphatic carbocycles. The Morgan fingerprint density at radius 3 is 2.41 bits per heavy atom. The van der Waals surface area contributed by atoms with Gasteiger partial charge < -0.3 is 15.4 Å². The van der Waals surface area contributed by atoms with Crippen LogP contribution in [0.4, 0.5) is 22.0 Å². The van der Waals surface area contributed by atoms with Gasteiger partial charge >= 0.3 is 17.8 Å². The third kappa shape index (κ3) is 7.06. The van der Waals surface area contributed by atoms with Crippen molar-refractivity contribution in [3.05, 3.63) is 86.3 Å². The minimum atomic E-state index is -5.08. The molecule has 0 radical (unpaired) electrons. The van der Waals surface area contributed by atoms with Gasteiger partial charge in [-0.1, -0.05) is 6.07 Å². The molecule has 0 bridgehead atoms. The Hall–Kier alpha value is -4.11. The number of carboxylic acids is 1. The fourth-order valence-electron chi connectivity index (χ4n) is 3.49. The van der Waals surface area contributed by atoms with Crippen LogP contribution in [0.5, 0.6) is 0 Å². The highest BCUT2D eigenvalue weighted by Crippen LogP contribution is 2.29. The number of nitrogens with zero attached hydrogens (tertiary/aromatic N) is 4. The van der Waals surface area contributed by atoms with Gasteiger partial charge in [-0.2, -0.15) is 27.1 Å². The van der Waals surface area contributed by atoms with Crippen LogP contribution in [0.3, 0.4) is 0 Å². The normalized spacial score (nSPS) is 11.3. The molecule has 0 aliphatic heterocycles. The molecule has 0 unspecified atom stereocenters. The van der Waals surface area contributed by atoms with E-state index in [-0.39, 0.29) is 30.8 Å². The van der Waals surface area contributed by atoms with E-state index in [1.165, 1.54) is 22.2 Å². The largest absolute Gasteiger partial charge is 0.490 e. The van der Waals surface area contributed by atoms with Crippen molar-refractivity contribution in [2.45, 2.75) is 32.7 Å². The van der Waals surface area contributed by atoms with Gasteiger partial charge in [0.2, 0.25) is 0 Å². The van der Waals surface area contributed by atoms with Crippen molar-refractivity contribution in [1.29, 1.82) is 0 Å². The number of thiophene rings is 1. The lowest BCUT2D eigenvalue weighted by Crippen LogP contribution is -2.27. The number of carbonyl (C=O) groups is 1. The number of aryl methyl sites for hydroxylation is 1. The number of hydrogen-bond donors (Lipinski definition) is 2. The Morgan fingerprint density at radius 1 is 1.13 bits per heavy atom.